The molecule has 1 aliphatic rings. The Morgan fingerprint density at radius 2 is 2.00 bits per heavy atom. The summed E-state index contributed by atoms with van der Waals surface area (Å²) in [6.45, 7) is 4.53. The molecule has 0 aromatic heterocycles. The molecule has 1 saturated carbocycles. The van der Waals surface area contributed by atoms with E-state index in [1.54, 1.807) is 14.2 Å². The first-order valence-corrected chi connectivity index (χ1v) is 6.63. The molecule has 0 radical (unpaired) electrons. The molecule has 3 unspecified atom stereocenters. The Hall–Kier alpha value is -0.360. The van der Waals surface area contributed by atoms with Gasteiger partial charge in [-0.25, -0.2) is 0 Å². The normalized spacial score (nSPS) is 25.9. The van der Waals surface area contributed by atoms with Gasteiger partial charge in [0.1, 0.15) is 6.04 Å². The number of nitrogens with two attached hydrogens (primary N) is 1. The second kappa shape index (κ2) is 8.04. The zero-order valence-electron chi connectivity index (χ0n) is 12.3. The van der Waals surface area contributed by atoms with E-state index in [4.69, 9.17) is 15.2 Å². The zero-order chi connectivity index (χ0) is 13.8. The van der Waals surface area contributed by atoms with E-state index in [2.05, 4.69) is 19.2 Å². The van der Waals surface area contributed by atoms with Gasteiger partial charge >= 0.3 is 0 Å². The largest absolute Gasteiger partial charge is 0.383 e. The minimum Gasteiger partial charge on any atom is -0.383 e. The van der Waals surface area contributed by atoms with Crippen LogP contribution in [0.25, 0.3) is 0 Å². The highest BCUT2D eigenvalue weighted by molar-refractivity contribution is 5.85. The van der Waals surface area contributed by atoms with Crippen LogP contribution in [-0.2, 0) is 14.3 Å². The highest BCUT2D eigenvalue weighted by atomic mass is 35.5. The standard InChI is InChI=1S/C13H26N2O3.ClH/c1-5-13(6-2)10(7-11(13)18-4)15-12(16)9(14)8-17-3;/h9-11H,5-8,14H2,1-4H3,(H,15,16);1H. The molecule has 6 heteroatoms. The van der Waals surface area contributed by atoms with E-state index < -0.39 is 6.04 Å². The number of methoxy groups -OCH3 is 2. The van der Waals surface area contributed by atoms with Crippen LogP contribution >= 0.6 is 12.4 Å². The van der Waals surface area contributed by atoms with E-state index in [9.17, 15) is 4.79 Å². The molecule has 0 heterocycles. The third-order valence-corrected chi connectivity index (χ3v) is 4.39. The Balaban J connectivity index is 0.00000324. The maximum atomic E-state index is 11.9. The van der Waals surface area contributed by atoms with Crippen molar-refractivity contribution in [2.45, 2.75) is 51.3 Å². The van der Waals surface area contributed by atoms with E-state index >= 15 is 0 Å². The molecule has 5 nitrogen and oxygen atoms in total. The van der Waals surface area contributed by atoms with E-state index in [-0.39, 0.29) is 42.5 Å². The highest BCUT2D eigenvalue weighted by Crippen LogP contribution is 2.48. The third kappa shape index (κ3) is 3.60. The SMILES string of the molecule is CCC1(CC)C(NC(=O)C(N)COC)CC1OC.Cl. The van der Waals surface area contributed by atoms with Gasteiger partial charge in [-0.05, 0) is 19.3 Å². The van der Waals surface area contributed by atoms with Gasteiger partial charge in [-0.2, -0.15) is 0 Å². The molecule has 0 aromatic rings. The molecule has 114 valence electrons. The minimum atomic E-state index is -0.594. The summed E-state index contributed by atoms with van der Waals surface area (Å²) in [5.74, 6) is -0.136. The number of hydrogen-bond donors (Lipinski definition) is 2. The van der Waals surface area contributed by atoms with Crippen molar-refractivity contribution in [2.75, 3.05) is 20.8 Å². The van der Waals surface area contributed by atoms with Crippen molar-refractivity contribution >= 4 is 18.3 Å². The van der Waals surface area contributed by atoms with Crippen molar-refractivity contribution in [3.63, 3.8) is 0 Å². The van der Waals surface area contributed by atoms with Gasteiger partial charge in [0.05, 0.1) is 12.7 Å². The number of halogens is 1. The quantitative estimate of drug-likeness (QED) is 0.737. The number of carbonyl (C=O) groups is 1. The summed E-state index contributed by atoms with van der Waals surface area (Å²) in [5, 5.41) is 3.03. The average Bonchev–Trinajstić information content (AvgIpc) is 2.35. The molecule has 0 bridgehead atoms. The van der Waals surface area contributed by atoms with Crippen molar-refractivity contribution in [1.82, 2.24) is 5.32 Å². The Kier molecular flexibility index (Phi) is 7.89. The summed E-state index contributed by atoms with van der Waals surface area (Å²) in [6.07, 6.45) is 3.08. The first kappa shape index (κ1) is 18.6. The Labute approximate surface area is 122 Å². The fourth-order valence-electron chi connectivity index (χ4n) is 3.01. The lowest BCUT2D eigenvalue weighted by atomic mass is 9.58. The fourth-order valence-corrected chi connectivity index (χ4v) is 3.01. The van der Waals surface area contributed by atoms with Gasteiger partial charge in [-0.3, -0.25) is 4.79 Å². The summed E-state index contributed by atoms with van der Waals surface area (Å²) in [4.78, 5) is 11.9. The van der Waals surface area contributed by atoms with E-state index in [1.165, 1.54) is 0 Å². The highest BCUT2D eigenvalue weighted by Gasteiger charge is 2.53. The molecule has 0 spiro atoms. The van der Waals surface area contributed by atoms with Crippen molar-refractivity contribution in [1.29, 1.82) is 0 Å². The molecule has 0 saturated heterocycles. The predicted molar refractivity (Wildman–Crippen MR) is 77.5 cm³/mol. The summed E-state index contributed by atoms with van der Waals surface area (Å²) >= 11 is 0. The van der Waals surface area contributed by atoms with Crippen molar-refractivity contribution in [2.24, 2.45) is 11.1 Å². The maximum Gasteiger partial charge on any atom is 0.239 e. The van der Waals surface area contributed by atoms with Crippen molar-refractivity contribution in [3.8, 4) is 0 Å². The summed E-state index contributed by atoms with van der Waals surface area (Å²) in [6, 6.07) is -0.434. The van der Waals surface area contributed by atoms with Crippen LogP contribution in [0.15, 0.2) is 0 Å². The topological polar surface area (TPSA) is 73.6 Å². The van der Waals surface area contributed by atoms with E-state index in [0.29, 0.717) is 0 Å². The summed E-state index contributed by atoms with van der Waals surface area (Å²) < 4.78 is 10.4. The van der Waals surface area contributed by atoms with Crippen molar-refractivity contribution in [3.05, 3.63) is 0 Å². The van der Waals surface area contributed by atoms with Crippen LogP contribution < -0.4 is 11.1 Å². The number of ether oxygens (including phenoxy) is 2. The Bertz CT molecular complexity index is 285. The second-order valence-corrected chi connectivity index (χ2v) is 5.02. The van der Waals surface area contributed by atoms with Crippen LogP contribution in [0.2, 0.25) is 0 Å². The average molecular weight is 295 g/mol. The molecule has 1 rings (SSSR count). The molecule has 0 aromatic carbocycles. The maximum absolute atomic E-state index is 11.9. The minimum absolute atomic E-state index is 0. The van der Waals surface area contributed by atoms with Crippen LogP contribution in [0, 0.1) is 5.41 Å². The molecule has 1 aliphatic carbocycles. The Morgan fingerprint density at radius 3 is 2.42 bits per heavy atom. The van der Waals surface area contributed by atoms with Crippen molar-refractivity contribution < 1.29 is 14.3 Å². The van der Waals surface area contributed by atoms with Crippen LogP contribution in [0.5, 0.6) is 0 Å². The molecule has 1 amide bonds. The summed E-state index contributed by atoms with van der Waals surface area (Å²) in [7, 11) is 3.28. The van der Waals surface area contributed by atoms with Gasteiger partial charge in [0.25, 0.3) is 0 Å². The van der Waals surface area contributed by atoms with Crippen LogP contribution in [0.4, 0.5) is 0 Å². The van der Waals surface area contributed by atoms with Gasteiger partial charge in [-0.1, -0.05) is 13.8 Å². The van der Waals surface area contributed by atoms with Crippen LogP contribution in [0.1, 0.15) is 33.1 Å². The van der Waals surface area contributed by atoms with E-state index in [0.717, 1.165) is 19.3 Å². The second-order valence-electron chi connectivity index (χ2n) is 5.02. The molecule has 19 heavy (non-hydrogen) atoms. The van der Waals surface area contributed by atoms with Crippen LogP contribution in [-0.4, -0.2) is 44.9 Å². The lowest BCUT2D eigenvalue weighted by molar-refractivity contribution is -0.142. The number of rotatable bonds is 7. The molecule has 1 fully saturated rings. The lowest BCUT2D eigenvalue weighted by Gasteiger charge is -2.55. The first-order chi connectivity index (χ1) is 8.55. The van der Waals surface area contributed by atoms with Gasteiger partial charge in [0.2, 0.25) is 5.91 Å². The lowest BCUT2D eigenvalue weighted by Crippen LogP contribution is -2.65. The van der Waals surface area contributed by atoms with Gasteiger partial charge in [0, 0.05) is 25.7 Å². The zero-order valence-corrected chi connectivity index (χ0v) is 13.1. The number of amides is 1. The van der Waals surface area contributed by atoms with Gasteiger partial charge in [-0.15, -0.1) is 12.4 Å². The summed E-state index contributed by atoms with van der Waals surface area (Å²) in [5.41, 5.74) is 5.78. The third-order valence-electron chi connectivity index (χ3n) is 4.39. The van der Waals surface area contributed by atoms with E-state index in [1.807, 2.05) is 0 Å². The Morgan fingerprint density at radius 1 is 1.42 bits per heavy atom. The monoisotopic (exact) mass is 294 g/mol. The fraction of sp³-hybridized carbons (Fsp3) is 0.923. The molecule has 3 atom stereocenters. The first-order valence-electron chi connectivity index (χ1n) is 6.63. The number of hydrogen-bond acceptors (Lipinski definition) is 4. The smallest absolute Gasteiger partial charge is 0.239 e. The number of carbonyl (C=O) groups excluding carboxylic acids is 1. The van der Waals surface area contributed by atoms with Gasteiger partial charge < -0.3 is 20.5 Å². The van der Waals surface area contributed by atoms with Gasteiger partial charge in [0.15, 0.2) is 0 Å². The molecular formula is C13H27ClN2O3. The molecular weight excluding hydrogens is 268 g/mol. The molecule has 0 aliphatic heterocycles. The number of nitrogens with one attached hydrogen (secondary N) is 1. The van der Waals surface area contributed by atoms with Crippen LogP contribution in [0.3, 0.4) is 0 Å². The predicted octanol–water partition coefficient (Wildman–Crippen LogP) is 1.09. The molecule has 3 N–H and O–H groups in total.